The molecule has 1 amide bonds. The van der Waals surface area contributed by atoms with E-state index in [9.17, 15) is 4.79 Å². The van der Waals surface area contributed by atoms with Crippen molar-refractivity contribution in [1.29, 1.82) is 0 Å². The topological polar surface area (TPSA) is 50.8 Å². The van der Waals surface area contributed by atoms with Crippen LogP contribution in [0.5, 0.6) is 0 Å². The quantitative estimate of drug-likeness (QED) is 0.678. The molecule has 0 aromatic rings. The van der Waals surface area contributed by atoms with E-state index >= 15 is 0 Å². The Bertz CT molecular complexity index is 308. The van der Waals surface area contributed by atoms with Crippen molar-refractivity contribution in [2.45, 2.75) is 18.6 Å². The zero-order valence-corrected chi connectivity index (χ0v) is 9.91. The standard InChI is InChI=1S/C12H18N2O3/c1-2-5-13-11(15)10-14-6-3-12(4-7-14)16-8-9-17-12/h1H,3-10H2,(H,13,15). The van der Waals surface area contributed by atoms with Crippen LogP contribution in [0.15, 0.2) is 0 Å². The Morgan fingerprint density at radius 1 is 1.35 bits per heavy atom. The van der Waals surface area contributed by atoms with Crippen molar-refractivity contribution in [1.82, 2.24) is 10.2 Å². The van der Waals surface area contributed by atoms with Crippen LogP contribution in [-0.2, 0) is 14.3 Å². The first-order valence-corrected chi connectivity index (χ1v) is 5.94. The maximum atomic E-state index is 11.5. The van der Waals surface area contributed by atoms with Crippen LogP contribution in [0.3, 0.4) is 0 Å². The third-order valence-electron chi connectivity index (χ3n) is 3.19. The maximum Gasteiger partial charge on any atom is 0.234 e. The van der Waals surface area contributed by atoms with Crippen LogP contribution in [0.2, 0.25) is 0 Å². The van der Waals surface area contributed by atoms with Gasteiger partial charge in [-0.05, 0) is 0 Å². The molecule has 0 aromatic heterocycles. The number of carbonyl (C=O) groups excluding carboxylic acids is 1. The zero-order chi connectivity index (χ0) is 12.1. The molecule has 2 rings (SSSR count). The molecule has 0 aromatic carbocycles. The van der Waals surface area contributed by atoms with E-state index in [-0.39, 0.29) is 11.7 Å². The molecule has 0 unspecified atom stereocenters. The maximum absolute atomic E-state index is 11.5. The summed E-state index contributed by atoms with van der Waals surface area (Å²) in [6.45, 7) is 3.71. The number of hydrogen-bond acceptors (Lipinski definition) is 4. The van der Waals surface area contributed by atoms with Crippen molar-refractivity contribution in [2.75, 3.05) is 39.4 Å². The van der Waals surface area contributed by atoms with E-state index in [1.165, 1.54) is 0 Å². The summed E-state index contributed by atoms with van der Waals surface area (Å²) < 4.78 is 11.2. The first-order chi connectivity index (χ1) is 8.24. The molecule has 0 radical (unpaired) electrons. The first-order valence-electron chi connectivity index (χ1n) is 5.94. The zero-order valence-electron chi connectivity index (χ0n) is 9.91. The molecule has 5 heteroatoms. The molecule has 94 valence electrons. The summed E-state index contributed by atoms with van der Waals surface area (Å²) in [5.41, 5.74) is 0. The van der Waals surface area contributed by atoms with E-state index < -0.39 is 0 Å². The predicted molar refractivity (Wildman–Crippen MR) is 62.2 cm³/mol. The molecule has 2 fully saturated rings. The molecular weight excluding hydrogens is 220 g/mol. The Labute approximate surface area is 101 Å². The Kier molecular flexibility index (Phi) is 4.00. The molecule has 2 aliphatic heterocycles. The molecular formula is C12H18N2O3. The number of nitrogens with zero attached hydrogens (tertiary/aromatic N) is 1. The Morgan fingerprint density at radius 3 is 2.59 bits per heavy atom. The molecule has 2 saturated heterocycles. The average Bonchev–Trinajstić information content (AvgIpc) is 2.79. The first kappa shape index (κ1) is 12.4. The molecule has 0 bridgehead atoms. The van der Waals surface area contributed by atoms with Crippen molar-refractivity contribution in [3.63, 3.8) is 0 Å². The van der Waals surface area contributed by atoms with Gasteiger partial charge in [-0.2, -0.15) is 0 Å². The predicted octanol–water partition coefficient (Wildman–Crippen LogP) is -0.425. The Balaban J connectivity index is 1.72. The van der Waals surface area contributed by atoms with Gasteiger partial charge in [-0.3, -0.25) is 9.69 Å². The molecule has 1 N–H and O–H groups in total. The van der Waals surface area contributed by atoms with Crippen LogP contribution in [0.4, 0.5) is 0 Å². The monoisotopic (exact) mass is 238 g/mol. The number of amides is 1. The summed E-state index contributed by atoms with van der Waals surface area (Å²) in [6, 6.07) is 0. The summed E-state index contributed by atoms with van der Waals surface area (Å²) in [4.78, 5) is 13.6. The van der Waals surface area contributed by atoms with Crippen molar-refractivity contribution >= 4 is 5.91 Å². The van der Waals surface area contributed by atoms with Gasteiger partial charge in [0, 0.05) is 25.9 Å². The van der Waals surface area contributed by atoms with Gasteiger partial charge in [0.2, 0.25) is 5.91 Å². The smallest absolute Gasteiger partial charge is 0.234 e. The van der Waals surface area contributed by atoms with Crippen molar-refractivity contribution in [3.8, 4) is 12.3 Å². The molecule has 17 heavy (non-hydrogen) atoms. The second-order valence-electron chi connectivity index (χ2n) is 4.36. The molecule has 1 spiro atoms. The van der Waals surface area contributed by atoms with Crippen molar-refractivity contribution in [2.24, 2.45) is 0 Å². The largest absolute Gasteiger partial charge is 0.347 e. The SMILES string of the molecule is C#CCNC(=O)CN1CCC2(CC1)OCCO2. The Morgan fingerprint density at radius 2 is 2.00 bits per heavy atom. The van der Waals surface area contributed by atoms with Crippen molar-refractivity contribution < 1.29 is 14.3 Å². The fraction of sp³-hybridized carbons (Fsp3) is 0.750. The molecule has 2 aliphatic rings. The van der Waals surface area contributed by atoms with E-state index in [2.05, 4.69) is 16.1 Å². The van der Waals surface area contributed by atoms with Crippen LogP contribution in [-0.4, -0.2) is 56.0 Å². The van der Waals surface area contributed by atoms with E-state index in [0.29, 0.717) is 26.3 Å². The highest BCUT2D eigenvalue weighted by Crippen LogP contribution is 2.30. The second-order valence-corrected chi connectivity index (χ2v) is 4.36. The average molecular weight is 238 g/mol. The minimum absolute atomic E-state index is 0.0211. The van der Waals surface area contributed by atoms with Gasteiger partial charge in [0.05, 0.1) is 26.3 Å². The minimum atomic E-state index is -0.369. The highest BCUT2D eigenvalue weighted by molar-refractivity contribution is 5.78. The van der Waals surface area contributed by atoms with Crippen LogP contribution < -0.4 is 5.32 Å². The summed E-state index contributed by atoms with van der Waals surface area (Å²) >= 11 is 0. The van der Waals surface area contributed by atoms with Crippen molar-refractivity contribution in [3.05, 3.63) is 0 Å². The lowest BCUT2D eigenvalue weighted by Gasteiger charge is -2.37. The lowest BCUT2D eigenvalue weighted by molar-refractivity contribution is -0.185. The Hall–Kier alpha value is -1.09. The van der Waals surface area contributed by atoms with Crippen LogP contribution in [0, 0.1) is 12.3 Å². The van der Waals surface area contributed by atoms with Crippen LogP contribution in [0.25, 0.3) is 0 Å². The van der Waals surface area contributed by atoms with Gasteiger partial charge in [-0.1, -0.05) is 5.92 Å². The molecule has 0 saturated carbocycles. The number of ether oxygens (including phenoxy) is 2. The van der Waals surface area contributed by atoms with E-state index in [4.69, 9.17) is 15.9 Å². The molecule has 5 nitrogen and oxygen atoms in total. The highest BCUT2D eigenvalue weighted by Gasteiger charge is 2.39. The fourth-order valence-electron chi connectivity index (χ4n) is 2.25. The molecule has 0 aliphatic carbocycles. The highest BCUT2D eigenvalue weighted by atomic mass is 16.7. The summed E-state index contributed by atoms with van der Waals surface area (Å²) in [5, 5.41) is 2.66. The van der Waals surface area contributed by atoms with Crippen LogP contribution in [0.1, 0.15) is 12.8 Å². The number of nitrogens with one attached hydrogen (secondary N) is 1. The minimum Gasteiger partial charge on any atom is -0.347 e. The van der Waals surface area contributed by atoms with Gasteiger partial charge in [-0.25, -0.2) is 0 Å². The second kappa shape index (κ2) is 5.50. The number of carbonyl (C=O) groups is 1. The number of terminal acetylenes is 1. The van der Waals surface area contributed by atoms with Gasteiger partial charge < -0.3 is 14.8 Å². The summed E-state index contributed by atoms with van der Waals surface area (Å²) in [7, 11) is 0. The summed E-state index contributed by atoms with van der Waals surface area (Å²) in [6.07, 6.45) is 6.73. The number of likely N-dealkylation sites (tertiary alicyclic amines) is 1. The number of hydrogen-bond donors (Lipinski definition) is 1. The van der Waals surface area contributed by atoms with E-state index in [1.54, 1.807) is 0 Å². The van der Waals surface area contributed by atoms with Gasteiger partial charge in [0.25, 0.3) is 0 Å². The van der Waals surface area contributed by atoms with E-state index in [1.807, 2.05) is 0 Å². The normalized spacial score (nSPS) is 23.5. The van der Waals surface area contributed by atoms with Gasteiger partial charge in [0.1, 0.15) is 0 Å². The van der Waals surface area contributed by atoms with Gasteiger partial charge >= 0.3 is 0 Å². The third kappa shape index (κ3) is 3.19. The lowest BCUT2D eigenvalue weighted by Crippen LogP contribution is -2.48. The van der Waals surface area contributed by atoms with Crippen LogP contribution >= 0.6 is 0 Å². The van der Waals surface area contributed by atoms with Gasteiger partial charge in [-0.15, -0.1) is 6.42 Å². The lowest BCUT2D eigenvalue weighted by atomic mass is 10.0. The third-order valence-corrected chi connectivity index (χ3v) is 3.19. The van der Waals surface area contributed by atoms with E-state index in [0.717, 1.165) is 25.9 Å². The summed E-state index contributed by atoms with van der Waals surface area (Å²) in [5.74, 6) is 1.99. The molecule has 0 atom stereocenters. The fourth-order valence-corrected chi connectivity index (χ4v) is 2.25. The van der Waals surface area contributed by atoms with Gasteiger partial charge in [0.15, 0.2) is 5.79 Å². The molecule has 2 heterocycles. The number of piperidine rings is 1. The number of rotatable bonds is 3.